The van der Waals surface area contributed by atoms with Crippen molar-refractivity contribution in [3.05, 3.63) is 69.8 Å². The number of benzene rings is 2. The van der Waals surface area contributed by atoms with Crippen molar-refractivity contribution in [1.29, 1.82) is 0 Å². The van der Waals surface area contributed by atoms with Gasteiger partial charge in [0.2, 0.25) is 0 Å². The highest BCUT2D eigenvalue weighted by Gasteiger charge is 2.39. The van der Waals surface area contributed by atoms with Crippen LogP contribution in [0.4, 0.5) is 5.69 Å². The SMILES string of the molecule is CCC1(CC)C[C@H](NC(=O)c2cccc([N+](=O)[O-])c2)c2ccccc2O1. The standard InChI is InChI=1S/C20H22N2O4/c1-3-20(4-2)13-17(16-10-5-6-11-18(16)26-20)21-19(23)14-8-7-9-15(12-14)22(24)25/h5-12,17H,3-4,13H2,1-2H3,(H,21,23)/t17-/m0/s1. The number of para-hydroxylation sites is 1. The minimum atomic E-state index is -0.500. The molecule has 0 aromatic heterocycles. The second-order valence-electron chi connectivity index (χ2n) is 6.57. The number of hydrogen-bond donors (Lipinski definition) is 1. The lowest BCUT2D eigenvalue weighted by Crippen LogP contribution is -2.44. The second kappa shape index (κ2) is 7.15. The van der Waals surface area contributed by atoms with Gasteiger partial charge in [-0.2, -0.15) is 0 Å². The van der Waals surface area contributed by atoms with Crippen LogP contribution >= 0.6 is 0 Å². The molecule has 1 amide bonds. The van der Waals surface area contributed by atoms with Crippen LogP contribution in [-0.4, -0.2) is 16.4 Å². The number of nitro groups is 1. The van der Waals surface area contributed by atoms with Gasteiger partial charge >= 0.3 is 0 Å². The molecule has 3 rings (SSSR count). The summed E-state index contributed by atoms with van der Waals surface area (Å²) in [6.45, 7) is 4.16. The molecule has 0 saturated carbocycles. The van der Waals surface area contributed by atoms with Crippen LogP contribution in [0.15, 0.2) is 48.5 Å². The molecule has 0 aliphatic carbocycles. The molecule has 6 heteroatoms. The number of hydrogen-bond acceptors (Lipinski definition) is 4. The number of carbonyl (C=O) groups excluding carboxylic acids is 1. The first-order valence-corrected chi connectivity index (χ1v) is 8.81. The normalized spacial score (nSPS) is 17.7. The summed E-state index contributed by atoms with van der Waals surface area (Å²) in [5.41, 5.74) is 0.793. The molecular weight excluding hydrogens is 332 g/mol. The number of rotatable bonds is 5. The number of ether oxygens (including phenoxy) is 1. The largest absolute Gasteiger partial charge is 0.487 e. The lowest BCUT2D eigenvalue weighted by Gasteiger charge is -2.41. The van der Waals surface area contributed by atoms with Crippen molar-refractivity contribution in [2.24, 2.45) is 0 Å². The molecule has 1 heterocycles. The second-order valence-corrected chi connectivity index (χ2v) is 6.57. The fourth-order valence-electron chi connectivity index (χ4n) is 3.43. The van der Waals surface area contributed by atoms with Crippen LogP contribution in [0.25, 0.3) is 0 Å². The predicted octanol–water partition coefficient (Wildman–Crippen LogP) is 4.41. The smallest absolute Gasteiger partial charge is 0.270 e. The average Bonchev–Trinajstić information content (AvgIpc) is 2.67. The Morgan fingerprint density at radius 1 is 1.23 bits per heavy atom. The maximum atomic E-state index is 12.7. The van der Waals surface area contributed by atoms with E-state index in [1.165, 1.54) is 18.2 Å². The lowest BCUT2D eigenvalue weighted by molar-refractivity contribution is -0.384. The zero-order valence-electron chi connectivity index (χ0n) is 14.9. The highest BCUT2D eigenvalue weighted by atomic mass is 16.6. The van der Waals surface area contributed by atoms with Crippen molar-refractivity contribution in [3.8, 4) is 5.75 Å². The van der Waals surface area contributed by atoms with Gasteiger partial charge in [-0.05, 0) is 25.0 Å². The number of non-ortho nitro benzene ring substituents is 1. The van der Waals surface area contributed by atoms with Gasteiger partial charge in [-0.25, -0.2) is 0 Å². The van der Waals surface area contributed by atoms with Crippen molar-refractivity contribution in [3.63, 3.8) is 0 Å². The molecule has 26 heavy (non-hydrogen) atoms. The highest BCUT2D eigenvalue weighted by Crippen LogP contribution is 2.42. The van der Waals surface area contributed by atoms with E-state index in [4.69, 9.17) is 4.74 Å². The van der Waals surface area contributed by atoms with Gasteiger partial charge in [-0.15, -0.1) is 0 Å². The van der Waals surface area contributed by atoms with E-state index in [9.17, 15) is 14.9 Å². The summed E-state index contributed by atoms with van der Waals surface area (Å²) in [5, 5.41) is 14.0. The average molecular weight is 354 g/mol. The Hall–Kier alpha value is -2.89. The quantitative estimate of drug-likeness (QED) is 0.637. The van der Waals surface area contributed by atoms with Crippen molar-refractivity contribution < 1.29 is 14.5 Å². The number of carbonyl (C=O) groups is 1. The van der Waals surface area contributed by atoms with Gasteiger partial charge in [0.05, 0.1) is 11.0 Å². The Morgan fingerprint density at radius 3 is 2.65 bits per heavy atom. The summed E-state index contributed by atoms with van der Waals surface area (Å²) < 4.78 is 6.25. The lowest BCUT2D eigenvalue weighted by atomic mass is 9.83. The minimum Gasteiger partial charge on any atom is -0.487 e. The zero-order valence-corrected chi connectivity index (χ0v) is 14.9. The molecule has 0 radical (unpaired) electrons. The molecule has 0 saturated heterocycles. The third-order valence-electron chi connectivity index (χ3n) is 5.11. The molecule has 0 unspecified atom stereocenters. The van der Waals surface area contributed by atoms with Gasteiger partial charge in [0.1, 0.15) is 11.4 Å². The summed E-state index contributed by atoms with van der Waals surface area (Å²) >= 11 is 0. The van der Waals surface area contributed by atoms with Crippen LogP contribution in [0.5, 0.6) is 5.75 Å². The van der Waals surface area contributed by atoms with Crippen LogP contribution in [-0.2, 0) is 0 Å². The van der Waals surface area contributed by atoms with Crippen LogP contribution in [0.1, 0.15) is 55.1 Å². The molecule has 0 spiro atoms. The number of amides is 1. The molecule has 1 aliphatic heterocycles. The van der Waals surface area contributed by atoms with Crippen LogP contribution in [0.3, 0.4) is 0 Å². The first-order chi connectivity index (χ1) is 12.5. The van der Waals surface area contributed by atoms with E-state index in [0.29, 0.717) is 6.42 Å². The summed E-state index contributed by atoms with van der Waals surface area (Å²) in [5.74, 6) is 0.461. The molecule has 1 N–H and O–H groups in total. The Morgan fingerprint density at radius 2 is 1.96 bits per heavy atom. The number of fused-ring (bicyclic) bond motifs is 1. The van der Waals surface area contributed by atoms with E-state index in [1.54, 1.807) is 6.07 Å². The number of nitro benzene ring substituents is 1. The predicted molar refractivity (Wildman–Crippen MR) is 98.3 cm³/mol. The molecule has 2 aromatic carbocycles. The van der Waals surface area contributed by atoms with Gasteiger partial charge in [-0.1, -0.05) is 38.1 Å². The Labute approximate surface area is 152 Å². The molecule has 1 aliphatic rings. The van der Waals surface area contributed by atoms with Gasteiger partial charge < -0.3 is 10.1 Å². The van der Waals surface area contributed by atoms with Gasteiger partial charge in [0.25, 0.3) is 11.6 Å². The third kappa shape index (κ3) is 3.40. The molecule has 6 nitrogen and oxygen atoms in total. The van der Waals surface area contributed by atoms with E-state index < -0.39 is 4.92 Å². The van der Waals surface area contributed by atoms with Crippen LogP contribution in [0, 0.1) is 10.1 Å². The summed E-state index contributed by atoms with van der Waals surface area (Å²) in [4.78, 5) is 23.2. The molecule has 1 atom stereocenters. The first kappa shape index (κ1) is 17.9. The van der Waals surface area contributed by atoms with Crippen LogP contribution < -0.4 is 10.1 Å². The fraction of sp³-hybridized carbons (Fsp3) is 0.350. The molecule has 0 fully saturated rings. The van der Waals surface area contributed by atoms with Crippen LogP contribution in [0.2, 0.25) is 0 Å². The van der Waals surface area contributed by atoms with E-state index in [1.807, 2.05) is 24.3 Å². The molecule has 136 valence electrons. The number of nitrogens with zero attached hydrogens (tertiary/aromatic N) is 1. The highest BCUT2D eigenvalue weighted by molar-refractivity contribution is 5.95. The molecule has 2 aromatic rings. The third-order valence-corrected chi connectivity index (χ3v) is 5.11. The van der Waals surface area contributed by atoms with E-state index >= 15 is 0 Å². The summed E-state index contributed by atoms with van der Waals surface area (Å²) in [6, 6.07) is 13.3. The maximum absolute atomic E-state index is 12.7. The molecule has 0 bridgehead atoms. The van der Waals surface area contributed by atoms with Gasteiger partial charge in [0.15, 0.2) is 0 Å². The minimum absolute atomic E-state index is 0.0958. The topological polar surface area (TPSA) is 81.5 Å². The fourth-order valence-corrected chi connectivity index (χ4v) is 3.43. The molecular formula is C20H22N2O4. The maximum Gasteiger partial charge on any atom is 0.270 e. The van der Waals surface area contributed by atoms with E-state index in [-0.39, 0.29) is 28.8 Å². The van der Waals surface area contributed by atoms with Gasteiger partial charge in [-0.3, -0.25) is 14.9 Å². The summed E-state index contributed by atoms with van der Waals surface area (Å²) in [6.07, 6.45) is 2.33. The monoisotopic (exact) mass is 354 g/mol. The van der Waals surface area contributed by atoms with E-state index in [0.717, 1.165) is 24.2 Å². The first-order valence-electron chi connectivity index (χ1n) is 8.81. The van der Waals surface area contributed by atoms with Crippen molar-refractivity contribution in [2.75, 3.05) is 0 Å². The van der Waals surface area contributed by atoms with Crippen molar-refractivity contribution >= 4 is 11.6 Å². The van der Waals surface area contributed by atoms with Crippen molar-refractivity contribution in [1.82, 2.24) is 5.32 Å². The van der Waals surface area contributed by atoms with Crippen molar-refractivity contribution in [2.45, 2.75) is 44.8 Å². The van der Waals surface area contributed by atoms with E-state index in [2.05, 4.69) is 19.2 Å². The zero-order chi connectivity index (χ0) is 18.7. The Bertz CT molecular complexity index is 830. The summed E-state index contributed by atoms with van der Waals surface area (Å²) in [7, 11) is 0. The Kier molecular flexibility index (Phi) is 4.93. The van der Waals surface area contributed by atoms with Gasteiger partial charge in [0, 0.05) is 29.7 Å². The Balaban J connectivity index is 1.89. The number of nitrogens with one attached hydrogen (secondary N) is 1.